The summed E-state index contributed by atoms with van der Waals surface area (Å²) in [5, 5.41) is 5.83. The summed E-state index contributed by atoms with van der Waals surface area (Å²) >= 11 is 1.39. The van der Waals surface area contributed by atoms with E-state index in [0.717, 1.165) is 41.1 Å². The van der Waals surface area contributed by atoms with Crippen molar-refractivity contribution in [2.45, 2.75) is 67.2 Å². The van der Waals surface area contributed by atoms with Crippen molar-refractivity contribution >= 4 is 34.7 Å². The maximum Gasteiger partial charge on any atom is 0.173 e. The summed E-state index contributed by atoms with van der Waals surface area (Å²) in [6.45, 7) is 14.3. The van der Waals surface area contributed by atoms with Gasteiger partial charge in [-0.1, -0.05) is 38.8 Å². The minimum atomic E-state index is -0.651. The monoisotopic (exact) mass is 517 g/mol. The highest BCUT2D eigenvalue weighted by Gasteiger charge is 2.14. The van der Waals surface area contributed by atoms with Gasteiger partial charge in [0, 0.05) is 48.4 Å². The molecule has 2 aromatic rings. The van der Waals surface area contributed by atoms with Crippen LogP contribution in [0.15, 0.2) is 53.6 Å². The number of anilines is 2. The number of hydrogen-bond donors (Lipinski definition) is 3. The van der Waals surface area contributed by atoms with E-state index in [4.69, 9.17) is 0 Å². The molecule has 2 rings (SSSR count). The number of rotatable bonds is 11. The van der Waals surface area contributed by atoms with Crippen molar-refractivity contribution in [3.05, 3.63) is 71.3 Å². The quantitative estimate of drug-likeness (QED) is 0.159. The van der Waals surface area contributed by atoms with Crippen LogP contribution in [0.5, 0.6) is 0 Å². The highest BCUT2D eigenvalue weighted by Crippen LogP contribution is 2.28. The van der Waals surface area contributed by atoms with Gasteiger partial charge in [0.25, 0.3) is 0 Å². The summed E-state index contributed by atoms with van der Waals surface area (Å²) in [5.41, 5.74) is 4.92. The van der Waals surface area contributed by atoms with Gasteiger partial charge >= 0.3 is 0 Å². The molecule has 0 aliphatic heterocycles. The van der Waals surface area contributed by atoms with Gasteiger partial charge in [-0.3, -0.25) is 9.98 Å². The van der Waals surface area contributed by atoms with E-state index in [1.54, 1.807) is 19.4 Å². The van der Waals surface area contributed by atoms with Crippen molar-refractivity contribution in [2.24, 2.45) is 4.99 Å². The molecule has 1 unspecified atom stereocenters. The molecule has 0 amide bonds. The van der Waals surface area contributed by atoms with Crippen LogP contribution in [0.25, 0.3) is 5.70 Å². The lowest BCUT2D eigenvalue weighted by Crippen LogP contribution is -2.09. The Morgan fingerprint density at radius 3 is 2.44 bits per heavy atom. The van der Waals surface area contributed by atoms with Crippen LogP contribution in [0.2, 0.25) is 0 Å². The first-order valence-corrected chi connectivity index (χ1v) is 13.3. The molecule has 0 saturated heterocycles. The maximum atomic E-state index is 14.7. The fourth-order valence-electron chi connectivity index (χ4n) is 2.97. The Balaban J connectivity index is 0.000000697. The highest BCUT2D eigenvalue weighted by molar-refractivity contribution is 8.00. The van der Waals surface area contributed by atoms with E-state index in [1.807, 2.05) is 53.0 Å². The average molecular weight is 518 g/mol. The molecule has 198 valence electrons. The Labute approximate surface area is 220 Å². The summed E-state index contributed by atoms with van der Waals surface area (Å²) in [6, 6.07) is 4.69. The van der Waals surface area contributed by atoms with E-state index in [9.17, 15) is 8.78 Å². The number of halogens is 2. The Hall–Kier alpha value is -2.87. The second kappa shape index (κ2) is 16.7. The minimum Gasteiger partial charge on any atom is -0.386 e. The van der Waals surface area contributed by atoms with Gasteiger partial charge in [-0.2, -0.15) is 0 Å². The molecule has 0 bridgehead atoms. The summed E-state index contributed by atoms with van der Waals surface area (Å²) < 4.78 is 31.8. The summed E-state index contributed by atoms with van der Waals surface area (Å²) in [5.74, 6) is -0.0802. The number of aliphatic imine (C=N–C) groups is 1. The summed E-state index contributed by atoms with van der Waals surface area (Å²) in [7, 11) is 1.76. The van der Waals surface area contributed by atoms with Crippen molar-refractivity contribution in [2.75, 3.05) is 22.8 Å². The number of nitrogens with one attached hydrogen (secondary N) is 3. The first-order chi connectivity index (χ1) is 17.2. The van der Waals surface area contributed by atoms with E-state index in [-0.39, 0.29) is 11.4 Å². The minimum absolute atomic E-state index is 0.194. The fourth-order valence-corrected chi connectivity index (χ4v) is 3.59. The Morgan fingerprint density at radius 2 is 1.89 bits per heavy atom. The molecule has 8 heteroatoms. The largest absolute Gasteiger partial charge is 0.386 e. The van der Waals surface area contributed by atoms with Crippen molar-refractivity contribution in [1.82, 2.24) is 10.3 Å². The van der Waals surface area contributed by atoms with Crippen molar-refractivity contribution < 1.29 is 8.78 Å². The normalized spacial score (nSPS) is 12.3. The molecular formula is C28H41F2N5S. The number of aromatic nitrogens is 1. The zero-order valence-corrected chi connectivity index (χ0v) is 23.6. The number of pyridine rings is 1. The molecule has 0 aliphatic carbocycles. The molecule has 1 aromatic heterocycles. The molecule has 0 saturated carbocycles. The van der Waals surface area contributed by atoms with Crippen molar-refractivity contribution in [1.29, 1.82) is 0 Å². The van der Waals surface area contributed by atoms with Crippen molar-refractivity contribution in [3.8, 4) is 0 Å². The van der Waals surface area contributed by atoms with Crippen LogP contribution in [0.3, 0.4) is 0 Å². The molecule has 1 heterocycles. The van der Waals surface area contributed by atoms with Gasteiger partial charge in [-0.15, -0.1) is 0 Å². The molecule has 3 N–H and O–H groups in total. The first kappa shape index (κ1) is 31.2. The van der Waals surface area contributed by atoms with Crippen molar-refractivity contribution in [3.63, 3.8) is 0 Å². The lowest BCUT2D eigenvalue weighted by Gasteiger charge is -2.14. The lowest BCUT2D eigenvalue weighted by atomic mass is 9.99. The zero-order valence-electron chi connectivity index (χ0n) is 22.8. The van der Waals surface area contributed by atoms with Gasteiger partial charge in [0.1, 0.15) is 11.5 Å². The molecule has 36 heavy (non-hydrogen) atoms. The van der Waals surface area contributed by atoms with E-state index in [0.29, 0.717) is 11.6 Å². The Morgan fingerprint density at radius 1 is 1.17 bits per heavy atom. The van der Waals surface area contributed by atoms with Crippen LogP contribution in [-0.2, 0) is 0 Å². The van der Waals surface area contributed by atoms with Gasteiger partial charge in [-0.05, 0) is 70.2 Å². The van der Waals surface area contributed by atoms with E-state index < -0.39 is 11.6 Å². The lowest BCUT2D eigenvalue weighted by molar-refractivity contribution is 0.593. The standard InChI is InChI=1S/C21H28F2N4S.C7H13N/c1-5-9-28-27-18-8-7-17(22)21(20(18)23)26-13-19(24-4)16-10-15(11-25-12-16)14(3)6-2;1-5-7(4)8-6(2)3/h7-8,10-14,24,26-27H,5-6,9H2,1-4H3;5H,1-4H3/b19-13-;7-5-. The predicted octanol–water partition coefficient (Wildman–Crippen LogP) is 8.36. The van der Waals surface area contributed by atoms with Crippen LogP contribution in [0.1, 0.15) is 78.4 Å². The summed E-state index contributed by atoms with van der Waals surface area (Å²) in [6.07, 6.45) is 9.09. The van der Waals surface area contributed by atoms with Crippen LogP contribution < -0.4 is 15.4 Å². The van der Waals surface area contributed by atoms with Crippen LogP contribution >= 0.6 is 11.9 Å². The SMILES string of the molecule is C/C=C(/C)N=C(C)C.CCCSNc1ccc(F)c(N/C=C(\NC)c2cncc(C(C)CC)c2)c1F. The smallest absolute Gasteiger partial charge is 0.173 e. The molecule has 0 fully saturated rings. The molecular weight excluding hydrogens is 476 g/mol. The second-order valence-corrected chi connectivity index (χ2v) is 9.39. The van der Waals surface area contributed by atoms with E-state index >= 15 is 0 Å². The third kappa shape index (κ3) is 10.4. The van der Waals surface area contributed by atoms with E-state index in [1.165, 1.54) is 24.1 Å². The number of allylic oxidation sites excluding steroid dienone is 2. The highest BCUT2D eigenvalue weighted by atomic mass is 32.2. The molecule has 0 spiro atoms. The predicted molar refractivity (Wildman–Crippen MR) is 155 cm³/mol. The summed E-state index contributed by atoms with van der Waals surface area (Å²) in [4.78, 5) is 8.47. The van der Waals surface area contributed by atoms with Gasteiger partial charge in [-0.25, -0.2) is 8.78 Å². The Bertz CT molecular complexity index is 1050. The molecule has 0 aliphatic rings. The number of nitrogens with zero attached hydrogens (tertiary/aromatic N) is 2. The molecule has 1 aromatic carbocycles. The third-order valence-corrected chi connectivity index (χ3v) is 6.26. The van der Waals surface area contributed by atoms with Crippen LogP contribution in [0.4, 0.5) is 20.2 Å². The second-order valence-electron chi connectivity index (χ2n) is 8.49. The van der Waals surface area contributed by atoms with Gasteiger partial charge in [0.05, 0.1) is 11.4 Å². The molecule has 5 nitrogen and oxygen atoms in total. The van der Waals surface area contributed by atoms with Gasteiger partial charge in [0.2, 0.25) is 0 Å². The van der Waals surface area contributed by atoms with Crippen LogP contribution in [-0.4, -0.2) is 23.5 Å². The first-order valence-electron chi connectivity index (χ1n) is 12.3. The maximum absolute atomic E-state index is 14.7. The van der Waals surface area contributed by atoms with Gasteiger partial charge < -0.3 is 15.4 Å². The average Bonchev–Trinajstić information content (AvgIpc) is 2.87. The fraction of sp³-hybridized carbons (Fsp3) is 0.429. The Kier molecular flexibility index (Phi) is 14.5. The number of hydrogen-bond acceptors (Lipinski definition) is 6. The van der Waals surface area contributed by atoms with Gasteiger partial charge in [0.15, 0.2) is 5.82 Å². The topological polar surface area (TPSA) is 61.3 Å². The third-order valence-electron chi connectivity index (χ3n) is 5.28. The number of benzene rings is 1. The molecule has 0 radical (unpaired) electrons. The zero-order chi connectivity index (χ0) is 27.1. The van der Waals surface area contributed by atoms with Crippen LogP contribution in [0, 0.1) is 11.6 Å². The molecule has 1 atom stereocenters. The van der Waals surface area contributed by atoms with E-state index in [2.05, 4.69) is 39.2 Å².